The second-order valence-electron chi connectivity index (χ2n) is 5.47. The minimum absolute atomic E-state index is 0.0234. The molecule has 2 aromatic carbocycles. The van der Waals surface area contributed by atoms with Crippen LogP contribution in [0.15, 0.2) is 42.5 Å². The van der Waals surface area contributed by atoms with Crippen LogP contribution in [-0.2, 0) is 11.3 Å². The molecule has 1 amide bonds. The molecule has 0 aliphatic rings. The third-order valence-corrected chi connectivity index (χ3v) is 3.97. The Morgan fingerprint density at radius 1 is 1.17 bits per heavy atom. The molecule has 0 radical (unpaired) electrons. The average Bonchev–Trinajstić information content (AvgIpc) is 2.99. The molecule has 6 nitrogen and oxygen atoms in total. The van der Waals surface area contributed by atoms with Crippen molar-refractivity contribution < 1.29 is 4.79 Å². The molecule has 7 heteroatoms. The van der Waals surface area contributed by atoms with Gasteiger partial charge in [-0.05, 0) is 54.5 Å². The highest BCUT2D eigenvalue weighted by Crippen LogP contribution is 2.23. The minimum Gasteiger partial charge on any atom is -0.324 e. The SMILES string of the molecule is Cc1ccc(NC(=O)Cn2nnc(-c3ccccc3Cl)n2)cc1C. The largest absolute Gasteiger partial charge is 0.324 e. The number of carbonyl (C=O) groups excluding carboxylic acids is 1. The number of amides is 1. The monoisotopic (exact) mass is 341 g/mol. The van der Waals surface area contributed by atoms with E-state index >= 15 is 0 Å². The molecular formula is C17H16ClN5O. The molecule has 1 heterocycles. The van der Waals surface area contributed by atoms with Gasteiger partial charge in [0.05, 0.1) is 5.02 Å². The van der Waals surface area contributed by atoms with E-state index in [0.717, 1.165) is 11.3 Å². The van der Waals surface area contributed by atoms with Crippen LogP contribution in [0.4, 0.5) is 5.69 Å². The van der Waals surface area contributed by atoms with Gasteiger partial charge in [0.2, 0.25) is 11.7 Å². The number of anilines is 1. The molecule has 3 rings (SSSR count). The highest BCUT2D eigenvalue weighted by Gasteiger charge is 2.11. The lowest BCUT2D eigenvalue weighted by molar-refractivity contribution is -0.117. The molecule has 0 fully saturated rings. The zero-order chi connectivity index (χ0) is 17.1. The number of nitrogens with one attached hydrogen (secondary N) is 1. The predicted molar refractivity (Wildman–Crippen MR) is 92.8 cm³/mol. The summed E-state index contributed by atoms with van der Waals surface area (Å²) in [5, 5.41) is 15.4. The zero-order valence-corrected chi connectivity index (χ0v) is 14.1. The fourth-order valence-electron chi connectivity index (χ4n) is 2.21. The number of hydrogen-bond donors (Lipinski definition) is 1. The molecule has 1 aromatic heterocycles. The van der Waals surface area contributed by atoms with Crippen LogP contribution >= 0.6 is 11.6 Å². The maximum absolute atomic E-state index is 12.1. The molecule has 0 bridgehead atoms. The summed E-state index contributed by atoms with van der Waals surface area (Å²) in [5.41, 5.74) is 3.72. The summed E-state index contributed by atoms with van der Waals surface area (Å²) >= 11 is 6.11. The summed E-state index contributed by atoms with van der Waals surface area (Å²) in [4.78, 5) is 13.4. The van der Waals surface area contributed by atoms with Crippen LogP contribution in [0.25, 0.3) is 11.4 Å². The van der Waals surface area contributed by atoms with Gasteiger partial charge in [0.1, 0.15) is 6.54 Å². The predicted octanol–water partition coefficient (Wildman–Crippen LogP) is 3.25. The molecule has 0 saturated heterocycles. The first-order valence-electron chi connectivity index (χ1n) is 7.43. The number of aryl methyl sites for hydroxylation is 2. The number of carbonyl (C=O) groups is 1. The second-order valence-corrected chi connectivity index (χ2v) is 5.88. The lowest BCUT2D eigenvalue weighted by Gasteiger charge is -2.07. The van der Waals surface area contributed by atoms with Crippen molar-refractivity contribution in [2.45, 2.75) is 20.4 Å². The Bertz CT molecular complexity index is 890. The molecule has 0 spiro atoms. The van der Waals surface area contributed by atoms with Crippen LogP contribution in [0.2, 0.25) is 5.02 Å². The molecular weight excluding hydrogens is 326 g/mol. The Labute approximate surface area is 144 Å². The Morgan fingerprint density at radius 3 is 2.71 bits per heavy atom. The van der Waals surface area contributed by atoms with Gasteiger partial charge in [-0.1, -0.05) is 29.8 Å². The third-order valence-electron chi connectivity index (χ3n) is 3.64. The van der Waals surface area contributed by atoms with Crippen molar-refractivity contribution in [3.63, 3.8) is 0 Å². The van der Waals surface area contributed by atoms with Gasteiger partial charge >= 0.3 is 0 Å². The van der Waals surface area contributed by atoms with Gasteiger partial charge in [-0.15, -0.1) is 10.2 Å². The van der Waals surface area contributed by atoms with Crippen molar-refractivity contribution in [1.29, 1.82) is 0 Å². The Morgan fingerprint density at radius 2 is 1.96 bits per heavy atom. The minimum atomic E-state index is -0.221. The van der Waals surface area contributed by atoms with Crippen LogP contribution in [-0.4, -0.2) is 26.1 Å². The first kappa shape index (κ1) is 16.1. The molecule has 0 saturated carbocycles. The summed E-state index contributed by atoms with van der Waals surface area (Å²) in [5.74, 6) is 0.168. The molecule has 24 heavy (non-hydrogen) atoms. The molecule has 0 atom stereocenters. The van der Waals surface area contributed by atoms with Crippen molar-refractivity contribution in [3.05, 3.63) is 58.6 Å². The van der Waals surface area contributed by atoms with Crippen LogP contribution in [0.3, 0.4) is 0 Å². The molecule has 1 N–H and O–H groups in total. The maximum atomic E-state index is 12.1. The summed E-state index contributed by atoms with van der Waals surface area (Å²) in [6, 6.07) is 13.0. The molecule has 122 valence electrons. The van der Waals surface area contributed by atoms with Crippen molar-refractivity contribution in [1.82, 2.24) is 20.2 Å². The van der Waals surface area contributed by atoms with E-state index in [1.807, 2.05) is 44.2 Å². The fourth-order valence-corrected chi connectivity index (χ4v) is 2.43. The smallest absolute Gasteiger partial charge is 0.248 e. The van der Waals surface area contributed by atoms with E-state index in [0.29, 0.717) is 16.4 Å². The van der Waals surface area contributed by atoms with Crippen LogP contribution in [0.5, 0.6) is 0 Å². The standard InChI is InChI=1S/C17H16ClN5O/c1-11-7-8-13(9-12(11)2)19-16(24)10-23-21-17(20-22-23)14-5-3-4-6-15(14)18/h3-9H,10H2,1-2H3,(H,19,24). The van der Waals surface area contributed by atoms with Gasteiger partial charge in [-0.2, -0.15) is 4.80 Å². The van der Waals surface area contributed by atoms with Crippen molar-refractivity contribution in [2.24, 2.45) is 0 Å². The summed E-state index contributed by atoms with van der Waals surface area (Å²) in [6.07, 6.45) is 0. The van der Waals surface area contributed by atoms with E-state index < -0.39 is 0 Å². The lowest BCUT2D eigenvalue weighted by Crippen LogP contribution is -2.20. The Hall–Kier alpha value is -2.73. The van der Waals surface area contributed by atoms with Crippen molar-refractivity contribution >= 4 is 23.2 Å². The number of hydrogen-bond acceptors (Lipinski definition) is 4. The van der Waals surface area contributed by atoms with Gasteiger partial charge in [-0.3, -0.25) is 4.79 Å². The first-order valence-corrected chi connectivity index (χ1v) is 7.80. The van der Waals surface area contributed by atoms with Gasteiger partial charge < -0.3 is 5.32 Å². The van der Waals surface area contributed by atoms with Gasteiger partial charge in [0.25, 0.3) is 0 Å². The first-order chi connectivity index (χ1) is 11.5. The highest BCUT2D eigenvalue weighted by molar-refractivity contribution is 6.33. The Kier molecular flexibility index (Phi) is 4.57. The van der Waals surface area contributed by atoms with E-state index in [1.54, 1.807) is 12.1 Å². The maximum Gasteiger partial charge on any atom is 0.248 e. The number of halogens is 1. The Balaban J connectivity index is 1.69. The summed E-state index contributed by atoms with van der Waals surface area (Å²) in [7, 11) is 0. The van der Waals surface area contributed by atoms with Crippen molar-refractivity contribution in [2.75, 3.05) is 5.32 Å². The van der Waals surface area contributed by atoms with Gasteiger partial charge in [0, 0.05) is 11.3 Å². The topological polar surface area (TPSA) is 72.7 Å². The third kappa shape index (κ3) is 3.60. The number of tetrazole rings is 1. The van der Waals surface area contributed by atoms with Crippen LogP contribution in [0.1, 0.15) is 11.1 Å². The zero-order valence-electron chi connectivity index (χ0n) is 13.3. The van der Waals surface area contributed by atoms with E-state index in [1.165, 1.54) is 10.4 Å². The lowest BCUT2D eigenvalue weighted by atomic mass is 10.1. The van der Waals surface area contributed by atoms with Crippen LogP contribution < -0.4 is 5.32 Å². The van der Waals surface area contributed by atoms with E-state index in [2.05, 4.69) is 20.7 Å². The summed E-state index contributed by atoms with van der Waals surface area (Å²) < 4.78 is 0. The fraction of sp³-hybridized carbons (Fsp3) is 0.176. The normalized spacial score (nSPS) is 10.6. The van der Waals surface area contributed by atoms with E-state index in [4.69, 9.17) is 11.6 Å². The average molecular weight is 342 g/mol. The molecule has 0 aliphatic heterocycles. The van der Waals surface area contributed by atoms with E-state index in [9.17, 15) is 4.79 Å². The molecule has 3 aromatic rings. The number of rotatable bonds is 4. The van der Waals surface area contributed by atoms with Gasteiger partial charge in [0.15, 0.2) is 0 Å². The number of benzene rings is 2. The van der Waals surface area contributed by atoms with E-state index in [-0.39, 0.29) is 12.5 Å². The van der Waals surface area contributed by atoms with Crippen molar-refractivity contribution in [3.8, 4) is 11.4 Å². The molecule has 0 unspecified atom stereocenters. The highest BCUT2D eigenvalue weighted by atomic mass is 35.5. The number of aromatic nitrogens is 4. The second kappa shape index (κ2) is 6.80. The molecule has 0 aliphatic carbocycles. The number of nitrogens with zero attached hydrogens (tertiary/aromatic N) is 4. The summed E-state index contributed by atoms with van der Waals surface area (Å²) in [6.45, 7) is 4.00. The van der Waals surface area contributed by atoms with Crippen LogP contribution in [0, 0.1) is 13.8 Å². The van der Waals surface area contributed by atoms with Gasteiger partial charge in [-0.25, -0.2) is 0 Å². The quantitative estimate of drug-likeness (QED) is 0.790.